The van der Waals surface area contributed by atoms with Gasteiger partial charge in [0, 0.05) is 25.3 Å². The molecule has 33 heavy (non-hydrogen) atoms. The number of rotatable bonds is 9. The Hall–Kier alpha value is -2.83. The summed E-state index contributed by atoms with van der Waals surface area (Å²) in [5, 5.41) is 0.801. The molecule has 1 atom stereocenters. The van der Waals surface area contributed by atoms with Crippen LogP contribution >= 0.6 is 11.6 Å². The molecule has 1 unspecified atom stereocenters. The lowest BCUT2D eigenvalue weighted by molar-refractivity contribution is 0.0707. The third kappa shape index (κ3) is 4.77. The molecule has 0 spiro atoms. The van der Waals surface area contributed by atoms with Gasteiger partial charge in [-0.1, -0.05) is 37.6 Å². The number of carbonyl (C=O) groups is 1. The average Bonchev–Trinajstić information content (AvgIpc) is 3.06. The molecule has 0 radical (unpaired) electrons. The monoisotopic (exact) mass is 469 g/mol. The zero-order chi connectivity index (χ0) is 23.5. The van der Waals surface area contributed by atoms with Crippen LogP contribution in [0.3, 0.4) is 0 Å². The van der Waals surface area contributed by atoms with Crippen LogP contribution in [0.5, 0.6) is 5.75 Å². The molecule has 1 amide bonds. The van der Waals surface area contributed by atoms with Crippen LogP contribution in [0.2, 0.25) is 5.02 Å². The molecule has 3 aromatic rings. The average molecular weight is 470 g/mol. The summed E-state index contributed by atoms with van der Waals surface area (Å²) < 4.78 is 17.1. The minimum atomic E-state index is -0.572. The van der Waals surface area contributed by atoms with Gasteiger partial charge in [-0.3, -0.25) is 9.59 Å². The molecule has 2 heterocycles. The van der Waals surface area contributed by atoms with Crippen molar-refractivity contribution in [3.8, 4) is 5.75 Å². The highest BCUT2D eigenvalue weighted by Crippen LogP contribution is 2.39. The summed E-state index contributed by atoms with van der Waals surface area (Å²) in [6.07, 6.45) is 1.57. The Labute approximate surface area is 198 Å². The van der Waals surface area contributed by atoms with E-state index in [2.05, 4.69) is 13.8 Å². The molecule has 1 aliphatic rings. The van der Waals surface area contributed by atoms with E-state index < -0.39 is 6.04 Å². The van der Waals surface area contributed by atoms with E-state index in [9.17, 15) is 9.59 Å². The Morgan fingerprint density at radius 1 is 1.12 bits per heavy atom. The SMILES string of the molecule is COCCCN1C(=O)c2oc3ccc(Cl)cc3c(=O)c2C1c1cccc(OCCC(C)C)c1. The largest absolute Gasteiger partial charge is 0.494 e. The molecule has 0 N–H and O–H groups in total. The van der Waals surface area contributed by atoms with Crippen LogP contribution in [-0.2, 0) is 4.74 Å². The van der Waals surface area contributed by atoms with Gasteiger partial charge in [0.05, 0.1) is 23.6 Å². The summed E-state index contributed by atoms with van der Waals surface area (Å²) in [4.78, 5) is 28.6. The van der Waals surface area contributed by atoms with Crippen LogP contribution in [0.25, 0.3) is 11.0 Å². The second-order valence-corrected chi connectivity index (χ2v) is 9.10. The number of carbonyl (C=O) groups excluding carboxylic acids is 1. The minimum absolute atomic E-state index is 0.0865. The van der Waals surface area contributed by atoms with E-state index in [-0.39, 0.29) is 17.1 Å². The molecule has 0 saturated heterocycles. The van der Waals surface area contributed by atoms with Crippen LogP contribution in [0.4, 0.5) is 0 Å². The van der Waals surface area contributed by atoms with Crippen LogP contribution in [-0.4, -0.2) is 37.7 Å². The number of halogens is 1. The predicted octanol–water partition coefficient (Wildman–Crippen LogP) is 5.45. The highest BCUT2D eigenvalue weighted by Gasteiger charge is 2.42. The van der Waals surface area contributed by atoms with Crippen molar-refractivity contribution >= 4 is 28.5 Å². The first-order valence-corrected chi connectivity index (χ1v) is 11.6. The second-order valence-electron chi connectivity index (χ2n) is 8.67. The van der Waals surface area contributed by atoms with E-state index in [4.69, 9.17) is 25.5 Å². The van der Waals surface area contributed by atoms with Gasteiger partial charge < -0.3 is 18.8 Å². The lowest BCUT2D eigenvalue weighted by Gasteiger charge is -2.25. The molecule has 1 aliphatic heterocycles. The fourth-order valence-corrected chi connectivity index (χ4v) is 4.31. The normalized spacial score (nSPS) is 15.5. The smallest absolute Gasteiger partial charge is 0.290 e. The minimum Gasteiger partial charge on any atom is -0.494 e. The lowest BCUT2D eigenvalue weighted by Crippen LogP contribution is -2.31. The molecule has 174 valence electrons. The lowest BCUT2D eigenvalue weighted by atomic mass is 9.98. The summed E-state index contributed by atoms with van der Waals surface area (Å²) in [6.45, 7) is 5.83. The van der Waals surface area contributed by atoms with Crippen molar-refractivity contribution in [3.63, 3.8) is 0 Å². The fraction of sp³-hybridized carbons (Fsp3) is 0.385. The zero-order valence-corrected chi connectivity index (χ0v) is 19.9. The first kappa shape index (κ1) is 23.3. The van der Waals surface area contributed by atoms with Gasteiger partial charge in [-0.25, -0.2) is 0 Å². The van der Waals surface area contributed by atoms with Gasteiger partial charge in [0.15, 0.2) is 5.43 Å². The van der Waals surface area contributed by atoms with Crippen molar-refractivity contribution in [1.82, 2.24) is 4.90 Å². The third-order valence-corrected chi connectivity index (χ3v) is 6.05. The van der Waals surface area contributed by atoms with Crippen molar-refractivity contribution < 1.29 is 18.7 Å². The Balaban J connectivity index is 1.79. The second kappa shape index (κ2) is 9.98. The topological polar surface area (TPSA) is 69.0 Å². The van der Waals surface area contributed by atoms with Crippen LogP contribution < -0.4 is 10.2 Å². The summed E-state index contributed by atoms with van der Waals surface area (Å²) in [5.74, 6) is 1.03. The molecule has 7 heteroatoms. The number of hydrogen-bond acceptors (Lipinski definition) is 5. The molecular formula is C26H28ClNO5. The number of fused-ring (bicyclic) bond motifs is 2. The summed E-state index contributed by atoms with van der Waals surface area (Å²) in [6, 6.07) is 11.9. The predicted molar refractivity (Wildman–Crippen MR) is 128 cm³/mol. The highest BCUT2D eigenvalue weighted by atomic mass is 35.5. The molecular weight excluding hydrogens is 442 g/mol. The molecule has 1 aromatic heterocycles. The standard InChI is InChI=1S/C26H28ClNO5/c1-16(2)10-13-32-19-7-4-6-17(14-19)23-22-24(29)20-15-18(27)8-9-21(20)33-25(22)26(30)28(23)11-5-12-31-3/h4,6-9,14-16,23H,5,10-13H2,1-3H3. The first-order valence-electron chi connectivity index (χ1n) is 11.2. The van der Waals surface area contributed by atoms with Gasteiger partial charge in [-0.2, -0.15) is 0 Å². The van der Waals surface area contributed by atoms with E-state index in [0.717, 1.165) is 12.0 Å². The van der Waals surface area contributed by atoms with Crippen molar-refractivity contribution in [2.24, 2.45) is 5.92 Å². The van der Waals surface area contributed by atoms with E-state index in [1.165, 1.54) is 0 Å². The van der Waals surface area contributed by atoms with Crippen molar-refractivity contribution in [2.75, 3.05) is 26.9 Å². The molecule has 6 nitrogen and oxygen atoms in total. The summed E-state index contributed by atoms with van der Waals surface area (Å²) >= 11 is 6.14. The zero-order valence-electron chi connectivity index (χ0n) is 19.1. The number of methoxy groups -OCH3 is 1. The van der Waals surface area contributed by atoms with Gasteiger partial charge in [-0.15, -0.1) is 0 Å². The third-order valence-electron chi connectivity index (χ3n) is 5.81. The summed E-state index contributed by atoms with van der Waals surface area (Å²) in [5.41, 5.74) is 1.24. The van der Waals surface area contributed by atoms with E-state index in [0.29, 0.717) is 59.4 Å². The van der Waals surface area contributed by atoms with Crippen molar-refractivity contribution in [2.45, 2.75) is 32.7 Å². The van der Waals surface area contributed by atoms with Crippen LogP contribution in [0.15, 0.2) is 51.7 Å². The molecule has 0 bridgehead atoms. The molecule has 4 rings (SSSR count). The maximum Gasteiger partial charge on any atom is 0.290 e. The maximum absolute atomic E-state index is 13.6. The van der Waals surface area contributed by atoms with Gasteiger partial charge in [0.1, 0.15) is 11.3 Å². The molecule has 0 saturated carbocycles. The van der Waals surface area contributed by atoms with Crippen molar-refractivity contribution in [3.05, 3.63) is 74.6 Å². The number of hydrogen-bond donors (Lipinski definition) is 0. The van der Waals surface area contributed by atoms with E-state index >= 15 is 0 Å². The summed E-state index contributed by atoms with van der Waals surface area (Å²) in [7, 11) is 1.62. The highest BCUT2D eigenvalue weighted by molar-refractivity contribution is 6.31. The Morgan fingerprint density at radius 2 is 1.94 bits per heavy atom. The van der Waals surface area contributed by atoms with Gasteiger partial charge in [0.25, 0.3) is 5.91 Å². The molecule has 0 aliphatic carbocycles. The van der Waals surface area contributed by atoms with Crippen LogP contribution in [0.1, 0.15) is 54.4 Å². The van der Waals surface area contributed by atoms with Crippen molar-refractivity contribution in [1.29, 1.82) is 0 Å². The molecule has 0 fully saturated rings. The molecule has 2 aromatic carbocycles. The Bertz CT molecular complexity index is 1220. The Kier molecular flexibility index (Phi) is 7.05. The van der Waals surface area contributed by atoms with E-state index in [1.807, 2.05) is 24.3 Å². The quantitative estimate of drug-likeness (QED) is 0.389. The number of nitrogens with zero attached hydrogens (tertiary/aromatic N) is 1. The Morgan fingerprint density at radius 3 is 2.70 bits per heavy atom. The number of benzene rings is 2. The number of amides is 1. The van der Waals surface area contributed by atoms with E-state index in [1.54, 1.807) is 30.2 Å². The number of ether oxygens (including phenoxy) is 2. The van der Waals surface area contributed by atoms with Gasteiger partial charge >= 0.3 is 0 Å². The fourth-order valence-electron chi connectivity index (χ4n) is 4.14. The van der Waals surface area contributed by atoms with Crippen LogP contribution in [0, 0.1) is 5.92 Å². The first-order chi connectivity index (χ1) is 15.9. The van der Waals surface area contributed by atoms with Gasteiger partial charge in [0.2, 0.25) is 5.76 Å². The maximum atomic E-state index is 13.6. The van der Waals surface area contributed by atoms with Gasteiger partial charge in [-0.05, 0) is 54.7 Å².